The number of fused-ring (bicyclic) bond motifs is 1. The van der Waals surface area contributed by atoms with Crippen molar-refractivity contribution in [2.24, 2.45) is 5.92 Å². The molecule has 0 unspecified atom stereocenters. The molecule has 0 saturated carbocycles. The number of anilines is 2. The maximum Gasteiger partial charge on any atom is 0.311 e. The normalized spacial score (nSPS) is 15.7. The van der Waals surface area contributed by atoms with Crippen LogP contribution in [0, 0.1) is 16.0 Å². The average molecular weight is 974 g/mol. The molecule has 0 radical (unpaired) electrons. The first kappa shape index (κ1) is 51.1. The Morgan fingerprint density at radius 1 is 0.789 bits per heavy atom. The highest BCUT2D eigenvalue weighted by Gasteiger charge is 2.45. The van der Waals surface area contributed by atoms with Gasteiger partial charge in [-0.15, -0.1) is 0 Å². The van der Waals surface area contributed by atoms with Gasteiger partial charge in [-0.1, -0.05) is 74.9 Å². The Labute approximate surface area is 409 Å². The van der Waals surface area contributed by atoms with E-state index in [1.807, 2.05) is 78.9 Å². The van der Waals surface area contributed by atoms with Gasteiger partial charge in [0.2, 0.25) is 11.9 Å². The van der Waals surface area contributed by atoms with Gasteiger partial charge in [-0.2, -0.15) is 9.97 Å². The molecule has 2 amide bonds. The molecule has 7 rings (SSSR count). The molecule has 6 aromatic rings. The second-order valence-electron chi connectivity index (χ2n) is 16.9. The van der Waals surface area contributed by atoms with Crippen molar-refractivity contribution in [1.82, 2.24) is 19.5 Å². The van der Waals surface area contributed by atoms with Crippen LogP contribution in [0.1, 0.15) is 75.3 Å². The van der Waals surface area contributed by atoms with Gasteiger partial charge in [-0.25, -0.2) is 4.98 Å². The van der Waals surface area contributed by atoms with Gasteiger partial charge in [0, 0.05) is 44.4 Å². The molecule has 372 valence electrons. The van der Waals surface area contributed by atoms with Crippen molar-refractivity contribution in [2.45, 2.75) is 76.4 Å². The molecule has 20 nitrogen and oxygen atoms in total. The highest BCUT2D eigenvalue weighted by atomic mass is 16.6. The quantitative estimate of drug-likeness (QED) is 0.0165. The zero-order valence-corrected chi connectivity index (χ0v) is 39.9. The van der Waals surface area contributed by atoms with Crippen LogP contribution in [0.5, 0.6) is 17.2 Å². The van der Waals surface area contributed by atoms with E-state index >= 15 is 0 Å². The van der Waals surface area contributed by atoms with Crippen LogP contribution in [-0.2, 0) is 43.7 Å². The number of carbonyl (C=O) groups is 4. The number of non-ortho nitro benzene ring substituents is 1. The number of benzene rings is 4. The van der Waals surface area contributed by atoms with Gasteiger partial charge in [0.05, 0.1) is 38.2 Å². The van der Waals surface area contributed by atoms with E-state index < -0.39 is 52.7 Å². The molecule has 20 heteroatoms. The maximum absolute atomic E-state index is 13.9. The average Bonchev–Trinajstić information content (AvgIpc) is 3.80. The zero-order valence-electron chi connectivity index (χ0n) is 39.9. The first-order valence-corrected chi connectivity index (χ1v) is 22.9. The van der Waals surface area contributed by atoms with E-state index in [0.717, 1.165) is 16.7 Å². The molecule has 1 aliphatic heterocycles. The number of imidazole rings is 1. The van der Waals surface area contributed by atoms with Gasteiger partial charge in [-0.05, 0) is 65.9 Å². The largest absolute Gasteiger partial charge is 0.497 e. The SMILES string of the molecule is COCC(=O)Nc1nc(NC(=O)C(C)C)c2ncn([C@@H]3OC[C@@H](OC(c4ccccc4)(c4ccc(OC)cc4)c4ccc(OC)cc4)C[C@H]3OC(=O)CCCCCC(=O)Oc3ccc([N+](=O)[O-])cc3)c2n1. The van der Waals surface area contributed by atoms with E-state index in [1.165, 1.54) is 37.7 Å². The third kappa shape index (κ3) is 12.5. The summed E-state index contributed by atoms with van der Waals surface area (Å²) in [5, 5.41) is 16.4. The number of aromatic nitrogens is 4. The lowest BCUT2D eigenvalue weighted by Gasteiger charge is -2.43. The number of esters is 2. The van der Waals surface area contributed by atoms with Gasteiger partial charge >= 0.3 is 11.9 Å². The second-order valence-corrected chi connectivity index (χ2v) is 16.9. The molecule has 2 N–H and O–H groups in total. The topological polar surface area (TPSA) is 244 Å². The zero-order chi connectivity index (χ0) is 50.5. The molecule has 0 aliphatic carbocycles. The minimum atomic E-state index is -1.25. The molecule has 3 heterocycles. The third-order valence-electron chi connectivity index (χ3n) is 11.6. The Bertz CT molecular complexity index is 2740. The molecule has 1 saturated heterocycles. The Hall–Kier alpha value is -7.81. The van der Waals surface area contributed by atoms with Crippen LogP contribution < -0.4 is 24.8 Å². The fraction of sp³-hybridized carbons (Fsp3) is 0.353. The summed E-state index contributed by atoms with van der Waals surface area (Å²) in [7, 11) is 4.55. The highest BCUT2D eigenvalue weighted by molar-refractivity contribution is 5.99. The number of hydrogen-bond donors (Lipinski definition) is 2. The number of nitrogens with one attached hydrogen (secondary N) is 2. The van der Waals surface area contributed by atoms with E-state index in [-0.39, 0.29) is 72.8 Å². The van der Waals surface area contributed by atoms with Crippen LogP contribution in [0.3, 0.4) is 0 Å². The summed E-state index contributed by atoms with van der Waals surface area (Å²) in [6.07, 6.45) is 0.0779. The van der Waals surface area contributed by atoms with E-state index in [4.69, 9.17) is 33.2 Å². The minimum Gasteiger partial charge on any atom is -0.497 e. The van der Waals surface area contributed by atoms with Crippen LogP contribution in [0.2, 0.25) is 0 Å². The van der Waals surface area contributed by atoms with E-state index in [0.29, 0.717) is 30.8 Å². The van der Waals surface area contributed by atoms with Gasteiger partial charge in [-0.3, -0.25) is 39.2 Å². The predicted octanol–water partition coefficient (Wildman–Crippen LogP) is 7.70. The number of ether oxygens (including phenoxy) is 7. The first-order valence-electron chi connectivity index (χ1n) is 22.9. The van der Waals surface area contributed by atoms with Gasteiger partial charge in [0.25, 0.3) is 11.6 Å². The summed E-state index contributed by atoms with van der Waals surface area (Å²) >= 11 is 0. The molecule has 1 aliphatic rings. The van der Waals surface area contributed by atoms with Crippen molar-refractivity contribution in [2.75, 3.05) is 45.2 Å². The Balaban J connectivity index is 1.19. The summed E-state index contributed by atoms with van der Waals surface area (Å²) in [5.74, 6) is -1.02. The molecular formula is C51H55N7O13. The second kappa shape index (κ2) is 23.7. The fourth-order valence-corrected chi connectivity index (χ4v) is 8.04. The lowest BCUT2D eigenvalue weighted by Crippen LogP contribution is -2.46. The number of methoxy groups -OCH3 is 3. The summed E-state index contributed by atoms with van der Waals surface area (Å²) in [5.41, 5.74) is 1.33. The number of carbonyl (C=O) groups excluding carboxylic acids is 4. The van der Waals surface area contributed by atoms with Crippen molar-refractivity contribution < 1.29 is 57.3 Å². The number of rotatable bonds is 22. The van der Waals surface area contributed by atoms with E-state index in [2.05, 4.69) is 25.6 Å². The van der Waals surface area contributed by atoms with Gasteiger partial charge in [0.1, 0.15) is 35.6 Å². The van der Waals surface area contributed by atoms with Crippen LogP contribution in [0.15, 0.2) is 109 Å². The van der Waals surface area contributed by atoms with E-state index in [9.17, 15) is 29.3 Å². The third-order valence-corrected chi connectivity index (χ3v) is 11.6. The molecule has 0 spiro atoms. The van der Waals surface area contributed by atoms with Crippen LogP contribution in [0.4, 0.5) is 17.5 Å². The van der Waals surface area contributed by atoms with Crippen LogP contribution in [-0.4, -0.2) is 94.9 Å². The minimum absolute atomic E-state index is 0.00524. The molecule has 4 aromatic carbocycles. The van der Waals surface area contributed by atoms with Gasteiger partial charge in [0.15, 0.2) is 23.2 Å². The van der Waals surface area contributed by atoms with Crippen molar-refractivity contribution in [3.8, 4) is 17.2 Å². The summed E-state index contributed by atoms with van der Waals surface area (Å²) in [6.45, 7) is 3.14. The van der Waals surface area contributed by atoms with Gasteiger partial charge < -0.3 is 38.5 Å². The highest BCUT2D eigenvalue weighted by Crippen LogP contribution is 2.45. The maximum atomic E-state index is 13.9. The molecule has 0 bridgehead atoms. The molecule has 71 heavy (non-hydrogen) atoms. The van der Waals surface area contributed by atoms with Crippen molar-refractivity contribution in [3.63, 3.8) is 0 Å². The van der Waals surface area contributed by atoms with Crippen molar-refractivity contribution in [3.05, 3.63) is 136 Å². The van der Waals surface area contributed by atoms with Crippen molar-refractivity contribution >= 4 is 52.4 Å². The number of nitro benzene ring substituents is 1. The lowest BCUT2D eigenvalue weighted by molar-refractivity contribution is -0.384. The Morgan fingerprint density at radius 3 is 1.99 bits per heavy atom. The molecule has 1 fully saturated rings. The molecule has 2 aromatic heterocycles. The Morgan fingerprint density at radius 2 is 1.39 bits per heavy atom. The monoisotopic (exact) mass is 973 g/mol. The lowest BCUT2D eigenvalue weighted by atomic mass is 9.79. The standard InChI is InChI=1S/C51H55N7O13/c1-32(2)48(62)54-46-45-47(56-50(55-46)53-42(59)30-65-3)57(31-52-45)49-41(70-44(61)15-11-7-10-14-43(60)69-39-26-20-36(21-27-39)58(63)64)28-40(29-68-49)71-51(33-12-8-6-9-13-33,34-16-22-37(66-4)23-17-34)35-18-24-38(67-5)25-19-35/h6,8-9,12-13,16-27,31-32,40-41,49H,7,10-11,14-15,28-30H2,1-5H3,(H2,53,54,55,56,59,62)/t40-,41+,49+/m0/s1. The number of unbranched alkanes of at least 4 members (excludes halogenated alkanes) is 2. The predicted molar refractivity (Wildman–Crippen MR) is 258 cm³/mol. The number of amides is 2. The molecule has 3 atom stereocenters. The summed E-state index contributed by atoms with van der Waals surface area (Å²) in [6, 6.07) is 30.1. The summed E-state index contributed by atoms with van der Waals surface area (Å²) in [4.78, 5) is 76.2. The van der Waals surface area contributed by atoms with Crippen LogP contribution in [0.25, 0.3) is 11.2 Å². The number of hydrogen-bond acceptors (Lipinski definition) is 16. The van der Waals surface area contributed by atoms with Crippen molar-refractivity contribution in [1.29, 1.82) is 0 Å². The smallest absolute Gasteiger partial charge is 0.311 e. The number of nitrogens with zero attached hydrogens (tertiary/aromatic N) is 5. The van der Waals surface area contributed by atoms with Crippen LogP contribution >= 0.6 is 0 Å². The summed E-state index contributed by atoms with van der Waals surface area (Å²) < 4.78 is 43.3. The molecular weight excluding hydrogens is 919 g/mol. The Kier molecular flexibility index (Phi) is 17.0. The fourth-order valence-electron chi connectivity index (χ4n) is 8.04. The number of nitro groups is 1. The first-order chi connectivity index (χ1) is 34.3. The van der Waals surface area contributed by atoms with E-state index in [1.54, 1.807) is 32.6 Å².